The minimum absolute atomic E-state index is 0.0566. The van der Waals surface area contributed by atoms with Gasteiger partial charge in [0.1, 0.15) is 11.4 Å². The monoisotopic (exact) mass is 402 g/mol. The van der Waals surface area contributed by atoms with Crippen LogP contribution in [0.4, 0.5) is 4.39 Å². The fourth-order valence-corrected chi connectivity index (χ4v) is 5.97. The van der Waals surface area contributed by atoms with Crippen molar-refractivity contribution < 1.29 is 9.50 Å². The van der Waals surface area contributed by atoms with Gasteiger partial charge in [-0.15, -0.1) is 6.42 Å². The number of hydrogen-bond acceptors (Lipinski definition) is 2. The molecular formula is C26H27FN2O. The minimum atomic E-state index is -0.967. The number of halogens is 1. The van der Waals surface area contributed by atoms with Crippen molar-refractivity contribution >= 4 is 10.9 Å². The molecule has 2 aromatic carbocycles. The molecule has 0 saturated heterocycles. The lowest BCUT2D eigenvalue weighted by Gasteiger charge is -2.48. The van der Waals surface area contributed by atoms with Crippen LogP contribution in [0.25, 0.3) is 16.6 Å². The first-order valence-corrected chi connectivity index (χ1v) is 11.0. The third-order valence-corrected chi connectivity index (χ3v) is 7.65. The van der Waals surface area contributed by atoms with Crippen LogP contribution in [0.3, 0.4) is 0 Å². The number of rotatable bonds is 2. The Labute approximate surface area is 176 Å². The van der Waals surface area contributed by atoms with E-state index in [2.05, 4.69) is 30.1 Å². The van der Waals surface area contributed by atoms with E-state index in [4.69, 9.17) is 6.42 Å². The van der Waals surface area contributed by atoms with Crippen molar-refractivity contribution in [2.75, 3.05) is 0 Å². The van der Waals surface area contributed by atoms with Crippen molar-refractivity contribution in [3.8, 4) is 18.0 Å². The van der Waals surface area contributed by atoms with Gasteiger partial charge in [-0.05, 0) is 104 Å². The lowest BCUT2D eigenvalue weighted by Crippen LogP contribution is -2.47. The normalized spacial score (nSPS) is 28.4. The van der Waals surface area contributed by atoms with E-state index in [-0.39, 0.29) is 11.2 Å². The topological polar surface area (TPSA) is 38.1 Å². The lowest BCUT2D eigenvalue weighted by atomic mass is 9.57. The molecular weight excluding hydrogens is 375 g/mol. The van der Waals surface area contributed by atoms with Gasteiger partial charge < -0.3 is 5.11 Å². The number of benzene rings is 2. The first-order valence-electron chi connectivity index (χ1n) is 11.0. The van der Waals surface area contributed by atoms with Crippen molar-refractivity contribution in [2.24, 2.45) is 5.92 Å². The molecule has 0 amide bonds. The molecule has 1 aromatic heterocycles. The SMILES string of the molecule is C#C[C@@]1(O)CC[C@@]2(CC)c3cc4cnn(-c5ccc(F)cc5)c4cc3CCC[C@@H]2C1. The number of terminal acetylenes is 1. The highest BCUT2D eigenvalue weighted by Crippen LogP contribution is 2.54. The smallest absolute Gasteiger partial charge is 0.125 e. The van der Waals surface area contributed by atoms with E-state index < -0.39 is 5.60 Å². The highest BCUT2D eigenvalue weighted by atomic mass is 19.1. The summed E-state index contributed by atoms with van der Waals surface area (Å²) in [6, 6.07) is 11.1. The molecule has 0 radical (unpaired) electrons. The molecule has 3 aromatic rings. The largest absolute Gasteiger partial charge is 0.378 e. The van der Waals surface area contributed by atoms with Crippen LogP contribution < -0.4 is 0 Å². The predicted molar refractivity (Wildman–Crippen MR) is 117 cm³/mol. The maximum atomic E-state index is 13.4. The summed E-state index contributed by atoms with van der Waals surface area (Å²) < 4.78 is 15.3. The summed E-state index contributed by atoms with van der Waals surface area (Å²) in [5.74, 6) is 2.82. The van der Waals surface area contributed by atoms with Gasteiger partial charge in [0.15, 0.2) is 0 Å². The molecule has 5 rings (SSSR count). The highest BCUT2D eigenvalue weighted by molar-refractivity contribution is 5.82. The molecule has 1 N–H and O–H groups in total. The Morgan fingerprint density at radius 3 is 2.80 bits per heavy atom. The second kappa shape index (κ2) is 6.96. The Morgan fingerprint density at radius 2 is 2.07 bits per heavy atom. The number of hydrogen-bond donors (Lipinski definition) is 1. The number of fused-ring (bicyclic) bond motifs is 4. The van der Waals surface area contributed by atoms with Gasteiger partial charge >= 0.3 is 0 Å². The molecule has 0 bridgehead atoms. The lowest BCUT2D eigenvalue weighted by molar-refractivity contribution is -0.00457. The standard InChI is InChI=1S/C26H27FN2O/c1-3-25(30)12-13-26(4-2)20(16-25)7-5-6-18-15-24-19(14-23(18)26)17-28-29(24)22-10-8-21(27)9-11-22/h1,8-11,14-15,17,20,30H,4-7,12-13,16H2,2H3/t20-,25-,26-/m1/s1. The fraction of sp³-hybridized carbons (Fsp3) is 0.423. The Hall–Kier alpha value is -2.64. The van der Waals surface area contributed by atoms with Crippen LogP contribution >= 0.6 is 0 Å². The molecule has 3 nitrogen and oxygen atoms in total. The van der Waals surface area contributed by atoms with Crippen LogP contribution in [0.1, 0.15) is 56.6 Å². The van der Waals surface area contributed by atoms with Crippen molar-refractivity contribution in [1.82, 2.24) is 9.78 Å². The second-order valence-corrected chi connectivity index (χ2v) is 9.08. The number of nitrogens with zero attached hydrogens (tertiary/aromatic N) is 2. The van der Waals surface area contributed by atoms with Crippen LogP contribution in [-0.2, 0) is 11.8 Å². The maximum absolute atomic E-state index is 13.4. The van der Waals surface area contributed by atoms with E-state index in [1.165, 1.54) is 23.3 Å². The van der Waals surface area contributed by atoms with Gasteiger partial charge in [0.05, 0.1) is 17.4 Å². The maximum Gasteiger partial charge on any atom is 0.125 e. The van der Waals surface area contributed by atoms with E-state index in [1.807, 2.05) is 10.9 Å². The van der Waals surface area contributed by atoms with E-state index in [1.54, 1.807) is 12.1 Å². The molecule has 30 heavy (non-hydrogen) atoms. The van der Waals surface area contributed by atoms with Crippen molar-refractivity contribution in [2.45, 2.75) is 62.9 Å². The van der Waals surface area contributed by atoms with Crippen LogP contribution in [0.5, 0.6) is 0 Å². The Bertz CT molecular complexity index is 1140. The van der Waals surface area contributed by atoms with E-state index in [0.717, 1.165) is 48.7 Å². The average Bonchev–Trinajstić information content (AvgIpc) is 3.10. The van der Waals surface area contributed by atoms with Gasteiger partial charge in [0.25, 0.3) is 0 Å². The molecule has 2 aliphatic rings. The van der Waals surface area contributed by atoms with Gasteiger partial charge in [0, 0.05) is 5.39 Å². The molecule has 0 spiro atoms. The van der Waals surface area contributed by atoms with Crippen LogP contribution in [0, 0.1) is 24.1 Å². The van der Waals surface area contributed by atoms with E-state index in [0.29, 0.717) is 18.8 Å². The molecule has 0 aliphatic heterocycles. The van der Waals surface area contributed by atoms with Gasteiger partial charge in [-0.2, -0.15) is 5.10 Å². The zero-order valence-corrected chi connectivity index (χ0v) is 17.4. The summed E-state index contributed by atoms with van der Waals surface area (Å²) in [6.07, 6.45) is 14.1. The van der Waals surface area contributed by atoms with Crippen LogP contribution in [0.2, 0.25) is 0 Å². The van der Waals surface area contributed by atoms with Gasteiger partial charge in [-0.25, -0.2) is 9.07 Å². The summed E-state index contributed by atoms with van der Waals surface area (Å²) in [4.78, 5) is 0. The second-order valence-electron chi connectivity index (χ2n) is 9.08. The zero-order chi connectivity index (χ0) is 20.9. The molecule has 2 aliphatic carbocycles. The first-order chi connectivity index (χ1) is 14.5. The number of aliphatic hydroxyl groups is 1. The zero-order valence-electron chi connectivity index (χ0n) is 17.4. The third-order valence-electron chi connectivity index (χ3n) is 7.65. The van der Waals surface area contributed by atoms with E-state index in [9.17, 15) is 9.50 Å². The van der Waals surface area contributed by atoms with Crippen molar-refractivity contribution in [1.29, 1.82) is 0 Å². The molecule has 1 fully saturated rings. The van der Waals surface area contributed by atoms with Crippen molar-refractivity contribution in [3.05, 3.63) is 59.5 Å². The fourth-order valence-electron chi connectivity index (χ4n) is 5.97. The Kier molecular flexibility index (Phi) is 4.48. The van der Waals surface area contributed by atoms with Crippen LogP contribution in [0.15, 0.2) is 42.6 Å². The quantitative estimate of drug-likeness (QED) is 0.590. The summed E-state index contributed by atoms with van der Waals surface area (Å²) in [6.45, 7) is 2.27. The Balaban J connectivity index is 1.64. The van der Waals surface area contributed by atoms with Gasteiger partial charge in [-0.3, -0.25) is 0 Å². The Morgan fingerprint density at radius 1 is 1.27 bits per heavy atom. The van der Waals surface area contributed by atoms with Crippen molar-refractivity contribution in [3.63, 3.8) is 0 Å². The van der Waals surface area contributed by atoms with Crippen LogP contribution in [-0.4, -0.2) is 20.5 Å². The average molecular weight is 403 g/mol. The molecule has 1 saturated carbocycles. The summed E-state index contributed by atoms with van der Waals surface area (Å²) >= 11 is 0. The highest BCUT2D eigenvalue weighted by Gasteiger charge is 2.49. The molecule has 3 atom stereocenters. The first kappa shape index (κ1) is 19.3. The molecule has 0 unspecified atom stereocenters. The number of aromatic nitrogens is 2. The van der Waals surface area contributed by atoms with Gasteiger partial charge in [0.2, 0.25) is 0 Å². The summed E-state index contributed by atoms with van der Waals surface area (Å²) in [7, 11) is 0. The number of aryl methyl sites for hydroxylation is 1. The van der Waals surface area contributed by atoms with E-state index >= 15 is 0 Å². The predicted octanol–water partition coefficient (Wildman–Crippen LogP) is 5.31. The third kappa shape index (κ3) is 2.87. The molecule has 4 heteroatoms. The van der Waals surface area contributed by atoms with Gasteiger partial charge in [-0.1, -0.05) is 12.8 Å². The minimum Gasteiger partial charge on any atom is -0.378 e. The summed E-state index contributed by atoms with van der Waals surface area (Å²) in [5, 5.41) is 16.5. The molecule has 1 heterocycles. The molecule has 154 valence electrons. The summed E-state index contributed by atoms with van der Waals surface area (Å²) in [5.41, 5.74) is 3.80.